The van der Waals surface area contributed by atoms with Crippen molar-refractivity contribution in [2.45, 2.75) is 17.4 Å². The van der Waals surface area contributed by atoms with E-state index in [4.69, 9.17) is 17.3 Å². The second kappa shape index (κ2) is 7.01. The monoisotopic (exact) mass is 420 g/mol. The van der Waals surface area contributed by atoms with Crippen LogP contribution in [-0.2, 0) is 10.0 Å². The summed E-state index contributed by atoms with van der Waals surface area (Å²) < 4.78 is 40.5. The summed E-state index contributed by atoms with van der Waals surface area (Å²) in [5.74, 6) is -0.774. The van der Waals surface area contributed by atoms with Crippen LogP contribution in [0.25, 0.3) is 0 Å². The lowest BCUT2D eigenvalue weighted by Crippen LogP contribution is -2.42. The van der Waals surface area contributed by atoms with Crippen LogP contribution in [0.4, 0.5) is 10.1 Å². The molecule has 120 valence electrons. The Bertz CT molecular complexity index is 641. The highest BCUT2D eigenvalue weighted by Crippen LogP contribution is 2.34. The van der Waals surface area contributed by atoms with Gasteiger partial charge in [-0.05, 0) is 35.2 Å². The lowest BCUT2D eigenvalue weighted by atomic mass is 10.1. The Morgan fingerprint density at radius 1 is 1.62 bits per heavy atom. The van der Waals surface area contributed by atoms with Crippen molar-refractivity contribution in [1.82, 2.24) is 4.72 Å². The average Bonchev–Trinajstić information content (AvgIpc) is 2.38. The number of nitrogens with two attached hydrogens (primary N) is 1. The highest BCUT2D eigenvalue weighted by Gasteiger charge is 2.27. The molecule has 0 heterocycles. The summed E-state index contributed by atoms with van der Waals surface area (Å²) in [6.07, 6.45) is 1.78. The van der Waals surface area contributed by atoms with Gasteiger partial charge in [-0.15, -0.1) is 0 Å². The molecule has 0 amide bonds. The molecule has 1 atom stereocenters. The molecule has 4 N–H and O–H groups in total. The third-order valence-electron chi connectivity index (χ3n) is 2.54. The first kappa shape index (κ1) is 19.0. The molecule has 1 unspecified atom stereocenters. The molecule has 0 fully saturated rings. The predicted molar refractivity (Wildman–Crippen MR) is 87.7 cm³/mol. The Morgan fingerprint density at radius 3 is 2.71 bits per heavy atom. The summed E-state index contributed by atoms with van der Waals surface area (Å²) in [5.41, 5.74) is 3.81. The van der Waals surface area contributed by atoms with Gasteiger partial charge in [-0.25, -0.2) is 17.5 Å². The van der Waals surface area contributed by atoms with E-state index in [9.17, 15) is 17.9 Å². The lowest BCUT2D eigenvalue weighted by Gasteiger charge is -2.22. The first-order valence-electron chi connectivity index (χ1n) is 5.66. The van der Waals surface area contributed by atoms with Gasteiger partial charge in [-0.1, -0.05) is 11.6 Å². The van der Waals surface area contributed by atoms with Gasteiger partial charge in [0, 0.05) is 12.3 Å². The van der Waals surface area contributed by atoms with Crippen molar-refractivity contribution >= 4 is 55.0 Å². The number of hydrogen-bond acceptors (Lipinski definition) is 5. The maximum absolute atomic E-state index is 14.0. The minimum atomic E-state index is -4.18. The van der Waals surface area contributed by atoms with E-state index in [0.29, 0.717) is 5.75 Å². The van der Waals surface area contributed by atoms with Crippen molar-refractivity contribution in [2.24, 2.45) is 0 Å². The van der Waals surface area contributed by atoms with Crippen LogP contribution in [0.15, 0.2) is 15.4 Å². The third-order valence-corrected chi connectivity index (χ3v) is 6.24. The number of rotatable bonds is 6. The molecule has 1 rings (SSSR count). The van der Waals surface area contributed by atoms with Gasteiger partial charge in [0.2, 0.25) is 10.0 Å². The number of aliphatic hydroxyl groups is 1. The zero-order chi connectivity index (χ0) is 16.4. The van der Waals surface area contributed by atoms with Gasteiger partial charge in [0.1, 0.15) is 4.90 Å². The van der Waals surface area contributed by atoms with Crippen LogP contribution in [0.1, 0.15) is 6.92 Å². The molecule has 0 aliphatic carbocycles. The largest absolute Gasteiger partial charge is 0.395 e. The van der Waals surface area contributed by atoms with E-state index >= 15 is 0 Å². The van der Waals surface area contributed by atoms with Gasteiger partial charge in [-0.3, -0.25) is 0 Å². The molecule has 21 heavy (non-hydrogen) atoms. The quantitative estimate of drug-likeness (QED) is 0.484. The summed E-state index contributed by atoms with van der Waals surface area (Å²) in [7, 11) is -4.18. The first-order valence-corrected chi connectivity index (χ1v) is 9.70. The molecule has 10 heteroatoms. The van der Waals surface area contributed by atoms with Gasteiger partial charge in [0.05, 0.1) is 20.8 Å². The van der Waals surface area contributed by atoms with Gasteiger partial charge in [0.15, 0.2) is 5.82 Å². The molecule has 0 spiro atoms. The zero-order valence-electron chi connectivity index (χ0n) is 11.3. The standard InChI is InChI=1S/C11H15BrClFN2O3S2/c1-11(17,5-20-2)4-16-21(18,19)7-3-6(13)8(12)10(15)9(7)14/h3,16-17H,4-5,15H2,1-2H3. The summed E-state index contributed by atoms with van der Waals surface area (Å²) in [6.45, 7) is 1.22. The molecular formula is C11H15BrClFN2O3S2. The van der Waals surface area contributed by atoms with Crippen LogP contribution in [-0.4, -0.2) is 37.7 Å². The Hall–Kier alpha value is -0.0600. The fraction of sp³-hybridized carbons (Fsp3) is 0.455. The van der Waals surface area contributed by atoms with Gasteiger partial charge in [-0.2, -0.15) is 11.8 Å². The molecule has 0 radical (unpaired) electrons. The molecule has 0 bridgehead atoms. The third kappa shape index (κ3) is 4.70. The van der Waals surface area contributed by atoms with E-state index < -0.39 is 32.0 Å². The number of nitrogens with one attached hydrogen (secondary N) is 1. The van der Waals surface area contributed by atoms with Crippen molar-refractivity contribution in [3.8, 4) is 0 Å². The SMILES string of the molecule is CSCC(C)(O)CNS(=O)(=O)c1cc(Cl)c(Br)c(N)c1F. The van der Waals surface area contributed by atoms with E-state index in [2.05, 4.69) is 20.7 Å². The smallest absolute Gasteiger partial charge is 0.243 e. The van der Waals surface area contributed by atoms with Gasteiger partial charge >= 0.3 is 0 Å². The molecule has 0 aliphatic heterocycles. The summed E-state index contributed by atoms with van der Waals surface area (Å²) >= 11 is 10.1. The molecule has 0 aromatic heterocycles. The molecule has 0 aliphatic rings. The number of halogens is 3. The van der Waals surface area contributed by atoms with Crippen LogP contribution in [0.2, 0.25) is 5.02 Å². The number of thioether (sulfide) groups is 1. The normalized spacial score (nSPS) is 15.0. The summed E-state index contributed by atoms with van der Waals surface area (Å²) in [4.78, 5) is -0.659. The Morgan fingerprint density at radius 2 is 2.19 bits per heavy atom. The molecule has 0 saturated heterocycles. The minimum absolute atomic E-state index is 0.0230. The van der Waals surface area contributed by atoms with Crippen LogP contribution < -0.4 is 10.5 Å². The average molecular weight is 422 g/mol. The van der Waals surface area contributed by atoms with Crippen LogP contribution in [0, 0.1) is 5.82 Å². The molecule has 5 nitrogen and oxygen atoms in total. The number of sulfonamides is 1. The molecule has 0 saturated carbocycles. The number of nitrogen functional groups attached to an aromatic ring is 1. The topological polar surface area (TPSA) is 92.4 Å². The van der Waals surface area contributed by atoms with Crippen LogP contribution in [0.5, 0.6) is 0 Å². The van der Waals surface area contributed by atoms with Crippen molar-refractivity contribution in [2.75, 3.05) is 24.3 Å². The van der Waals surface area contributed by atoms with Crippen molar-refractivity contribution in [3.05, 3.63) is 21.4 Å². The van der Waals surface area contributed by atoms with E-state index in [0.717, 1.165) is 6.07 Å². The Balaban J connectivity index is 3.10. The Labute approximate surface area is 140 Å². The van der Waals surface area contributed by atoms with E-state index in [1.165, 1.54) is 18.7 Å². The number of anilines is 1. The molecule has 1 aromatic carbocycles. The first-order chi connectivity index (χ1) is 9.52. The van der Waals surface area contributed by atoms with Crippen molar-refractivity contribution < 1.29 is 17.9 Å². The fourth-order valence-corrected chi connectivity index (χ4v) is 4.05. The van der Waals surface area contributed by atoms with Gasteiger partial charge < -0.3 is 10.8 Å². The fourth-order valence-electron chi connectivity index (χ4n) is 1.49. The molecular weight excluding hydrogens is 407 g/mol. The lowest BCUT2D eigenvalue weighted by molar-refractivity contribution is 0.0908. The highest BCUT2D eigenvalue weighted by atomic mass is 79.9. The van der Waals surface area contributed by atoms with Crippen LogP contribution in [0.3, 0.4) is 0 Å². The second-order valence-electron chi connectivity index (χ2n) is 4.65. The van der Waals surface area contributed by atoms with Crippen molar-refractivity contribution in [1.29, 1.82) is 0 Å². The zero-order valence-corrected chi connectivity index (χ0v) is 15.3. The minimum Gasteiger partial charge on any atom is -0.395 e. The van der Waals surface area contributed by atoms with Gasteiger partial charge in [0.25, 0.3) is 0 Å². The highest BCUT2D eigenvalue weighted by molar-refractivity contribution is 9.10. The maximum Gasteiger partial charge on any atom is 0.243 e. The second-order valence-corrected chi connectivity index (χ2v) is 8.45. The van der Waals surface area contributed by atoms with E-state index in [1.807, 2.05) is 0 Å². The van der Waals surface area contributed by atoms with E-state index in [-0.39, 0.29) is 16.0 Å². The molecule has 1 aromatic rings. The number of benzene rings is 1. The summed E-state index contributed by atoms with van der Waals surface area (Å²) in [5, 5.41) is 9.92. The summed E-state index contributed by atoms with van der Waals surface area (Å²) in [6, 6.07) is 0.961. The van der Waals surface area contributed by atoms with Crippen LogP contribution >= 0.6 is 39.3 Å². The maximum atomic E-state index is 14.0. The number of hydrogen-bond donors (Lipinski definition) is 3. The van der Waals surface area contributed by atoms with Crippen molar-refractivity contribution in [3.63, 3.8) is 0 Å². The Kier molecular flexibility index (Phi) is 6.34. The predicted octanol–water partition coefficient (Wildman–Crippen LogP) is 2.22. The van der Waals surface area contributed by atoms with E-state index in [1.54, 1.807) is 6.26 Å².